The Morgan fingerprint density at radius 1 is 1.39 bits per heavy atom. The third kappa shape index (κ3) is 3.85. The van der Waals surface area contributed by atoms with Crippen molar-refractivity contribution >= 4 is 33.3 Å². The molecule has 120 valence electrons. The van der Waals surface area contributed by atoms with Crippen LogP contribution in [-0.2, 0) is 17.7 Å². The van der Waals surface area contributed by atoms with Gasteiger partial charge in [0.25, 0.3) is 0 Å². The molecule has 23 heavy (non-hydrogen) atoms. The topological polar surface area (TPSA) is 69.4 Å². The fraction of sp³-hybridized carbons (Fsp3) is 0.375. The minimum atomic E-state index is -0.550. The van der Waals surface area contributed by atoms with Gasteiger partial charge in [0.15, 0.2) is 5.69 Å². The molecule has 0 saturated heterocycles. The van der Waals surface area contributed by atoms with Crippen molar-refractivity contribution in [1.82, 2.24) is 15.0 Å². The lowest BCUT2D eigenvalue weighted by Gasteiger charge is -2.18. The van der Waals surface area contributed by atoms with E-state index in [4.69, 9.17) is 4.74 Å². The number of halogens is 1. The Kier molecular flexibility index (Phi) is 4.06. The van der Waals surface area contributed by atoms with E-state index in [-0.39, 0.29) is 5.69 Å². The number of rotatable bonds is 3. The number of esters is 1. The maximum atomic E-state index is 12.0. The second-order valence-corrected chi connectivity index (χ2v) is 7.35. The highest BCUT2D eigenvalue weighted by Gasteiger charge is 2.21. The van der Waals surface area contributed by atoms with Crippen LogP contribution >= 0.6 is 15.9 Å². The van der Waals surface area contributed by atoms with Gasteiger partial charge < -0.3 is 4.74 Å². The number of benzene rings is 1. The summed E-state index contributed by atoms with van der Waals surface area (Å²) >= 11 is 3.45. The first-order valence-electron chi connectivity index (χ1n) is 7.28. The fourth-order valence-corrected chi connectivity index (χ4v) is 2.65. The zero-order chi connectivity index (χ0) is 16.6. The van der Waals surface area contributed by atoms with Gasteiger partial charge >= 0.3 is 5.97 Å². The van der Waals surface area contributed by atoms with Crippen molar-refractivity contribution in [3.63, 3.8) is 0 Å². The van der Waals surface area contributed by atoms with Gasteiger partial charge in [0, 0.05) is 16.6 Å². The molecule has 3 rings (SSSR count). The van der Waals surface area contributed by atoms with E-state index in [2.05, 4.69) is 37.3 Å². The highest BCUT2D eigenvalue weighted by Crippen LogP contribution is 2.30. The molecule has 0 amide bonds. The summed E-state index contributed by atoms with van der Waals surface area (Å²) in [5, 5.41) is 7.87. The van der Waals surface area contributed by atoms with Crippen LogP contribution < -0.4 is 0 Å². The first-order valence-corrected chi connectivity index (χ1v) is 8.08. The fourth-order valence-electron chi connectivity index (χ4n) is 2.30. The van der Waals surface area contributed by atoms with Crippen LogP contribution in [0.4, 0.5) is 5.69 Å². The summed E-state index contributed by atoms with van der Waals surface area (Å²) in [7, 11) is 0. The summed E-state index contributed by atoms with van der Waals surface area (Å²) in [5.74, 6) is -0.468. The minimum Gasteiger partial charge on any atom is -0.455 e. The Morgan fingerprint density at radius 3 is 2.91 bits per heavy atom. The first-order chi connectivity index (χ1) is 10.8. The van der Waals surface area contributed by atoms with Crippen molar-refractivity contribution in [2.75, 3.05) is 0 Å². The summed E-state index contributed by atoms with van der Waals surface area (Å²) in [5.41, 5.74) is 2.81. The van der Waals surface area contributed by atoms with Gasteiger partial charge in [0.1, 0.15) is 5.60 Å². The average Bonchev–Trinajstić information content (AvgIpc) is 3.03. The number of ether oxygens (including phenoxy) is 1. The van der Waals surface area contributed by atoms with Crippen molar-refractivity contribution < 1.29 is 9.53 Å². The summed E-state index contributed by atoms with van der Waals surface area (Å²) < 4.78 is 7.90. The third-order valence-corrected chi connectivity index (χ3v) is 3.70. The van der Waals surface area contributed by atoms with Gasteiger partial charge in [-0.2, -0.15) is 0 Å². The van der Waals surface area contributed by atoms with Crippen LogP contribution in [0.25, 0.3) is 0 Å². The molecule has 0 radical (unpaired) electrons. The summed E-state index contributed by atoms with van der Waals surface area (Å²) in [6.07, 6.45) is 2.37. The number of carbonyl (C=O) groups excluding carboxylic acids is 1. The Morgan fingerprint density at radius 2 is 2.17 bits per heavy atom. The molecule has 0 N–H and O–H groups in total. The number of aliphatic imine (C=N–C) groups is 1. The third-order valence-electron chi connectivity index (χ3n) is 3.21. The Bertz CT molecular complexity index is 790. The summed E-state index contributed by atoms with van der Waals surface area (Å²) in [4.78, 5) is 16.6. The number of fused-ring (bicyclic) bond motifs is 1. The molecule has 6 nitrogen and oxygen atoms in total. The summed E-state index contributed by atoms with van der Waals surface area (Å²) in [6.45, 7) is 5.95. The molecule has 0 fully saturated rings. The van der Waals surface area contributed by atoms with E-state index in [0.29, 0.717) is 6.54 Å². The molecule has 0 atom stereocenters. The van der Waals surface area contributed by atoms with Crippen LogP contribution in [0.2, 0.25) is 0 Å². The first kappa shape index (κ1) is 15.9. The van der Waals surface area contributed by atoms with E-state index in [1.807, 2.05) is 32.9 Å². The summed E-state index contributed by atoms with van der Waals surface area (Å²) in [6, 6.07) is 6.06. The lowest BCUT2D eigenvalue weighted by atomic mass is 10.1. The molecule has 2 aromatic rings. The SMILES string of the molecule is CC(C)(C)OC(=O)c1cn(CC2=Nc3cc(Br)ccc3C2)nn1. The molecule has 7 heteroatoms. The molecule has 1 aliphatic rings. The van der Waals surface area contributed by atoms with E-state index in [1.165, 1.54) is 5.56 Å². The molecule has 0 spiro atoms. The van der Waals surface area contributed by atoms with Crippen LogP contribution in [-0.4, -0.2) is 32.3 Å². The molecule has 1 aromatic carbocycles. The standard InChI is InChI=1S/C16H17BrN4O2/c1-16(2,3)23-15(22)14-9-21(20-19-14)8-12-6-10-4-5-11(17)7-13(10)18-12/h4-5,7,9H,6,8H2,1-3H3. The average molecular weight is 377 g/mol. The van der Waals surface area contributed by atoms with Gasteiger partial charge in [0.05, 0.1) is 18.4 Å². The molecule has 2 heterocycles. The smallest absolute Gasteiger partial charge is 0.361 e. The lowest BCUT2D eigenvalue weighted by molar-refractivity contribution is 0.00627. The maximum Gasteiger partial charge on any atom is 0.361 e. The van der Waals surface area contributed by atoms with Crippen LogP contribution in [0.3, 0.4) is 0 Å². The molecule has 1 aromatic heterocycles. The van der Waals surface area contributed by atoms with Crippen molar-refractivity contribution in [1.29, 1.82) is 0 Å². The molecule has 0 unspecified atom stereocenters. The highest BCUT2D eigenvalue weighted by atomic mass is 79.9. The molecule has 1 aliphatic heterocycles. The number of nitrogens with zero attached hydrogens (tertiary/aromatic N) is 4. The minimum absolute atomic E-state index is 0.207. The van der Waals surface area contributed by atoms with Crippen LogP contribution in [0, 0.1) is 0 Å². The molecule has 0 bridgehead atoms. The maximum absolute atomic E-state index is 12.0. The van der Waals surface area contributed by atoms with Crippen molar-refractivity contribution in [2.45, 2.75) is 39.3 Å². The van der Waals surface area contributed by atoms with Crippen molar-refractivity contribution in [3.8, 4) is 0 Å². The van der Waals surface area contributed by atoms with Gasteiger partial charge in [-0.25, -0.2) is 9.48 Å². The Labute approximate surface area is 142 Å². The van der Waals surface area contributed by atoms with Crippen LogP contribution in [0.15, 0.2) is 33.9 Å². The number of aromatic nitrogens is 3. The van der Waals surface area contributed by atoms with Crippen LogP contribution in [0.1, 0.15) is 36.8 Å². The monoisotopic (exact) mass is 376 g/mol. The molecular weight excluding hydrogens is 360 g/mol. The lowest BCUT2D eigenvalue weighted by Crippen LogP contribution is -2.24. The molecule has 0 saturated carbocycles. The van der Waals surface area contributed by atoms with E-state index in [0.717, 1.165) is 22.3 Å². The number of hydrogen-bond donors (Lipinski definition) is 0. The zero-order valence-corrected chi connectivity index (χ0v) is 14.8. The molecular formula is C16H17BrN4O2. The van der Waals surface area contributed by atoms with Crippen molar-refractivity contribution in [3.05, 3.63) is 40.1 Å². The number of hydrogen-bond acceptors (Lipinski definition) is 5. The molecule has 0 aliphatic carbocycles. The van der Waals surface area contributed by atoms with Crippen LogP contribution in [0.5, 0.6) is 0 Å². The number of carbonyl (C=O) groups is 1. The van der Waals surface area contributed by atoms with Gasteiger partial charge in [-0.1, -0.05) is 27.2 Å². The van der Waals surface area contributed by atoms with Gasteiger partial charge in [-0.15, -0.1) is 5.10 Å². The van der Waals surface area contributed by atoms with E-state index in [9.17, 15) is 4.79 Å². The van der Waals surface area contributed by atoms with Crippen molar-refractivity contribution in [2.24, 2.45) is 4.99 Å². The Hall–Kier alpha value is -2.02. The van der Waals surface area contributed by atoms with Gasteiger partial charge in [0.2, 0.25) is 0 Å². The predicted octanol–water partition coefficient (Wildman–Crippen LogP) is 3.32. The largest absolute Gasteiger partial charge is 0.455 e. The zero-order valence-electron chi connectivity index (χ0n) is 13.2. The van der Waals surface area contributed by atoms with E-state index < -0.39 is 11.6 Å². The normalized spacial score (nSPS) is 13.7. The van der Waals surface area contributed by atoms with E-state index in [1.54, 1.807) is 10.9 Å². The predicted molar refractivity (Wildman–Crippen MR) is 90.1 cm³/mol. The van der Waals surface area contributed by atoms with Gasteiger partial charge in [-0.05, 0) is 38.5 Å². The second kappa shape index (κ2) is 5.88. The van der Waals surface area contributed by atoms with Gasteiger partial charge in [-0.3, -0.25) is 4.99 Å². The highest BCUT2D eigenvalue weighted by molar-refractivity contribution is 9.10. The van der Waals surface area contributed by atoms with E-state index >= 15 is 0 Å². The quantitative estimate of drug-likeness (QED) is 0.770. The second-order valence-electron chi connectivity index (χ2n) is 6.43. The Balaban J connectivity index is 1.69.